The number of anilines is 4. The van der Waals surface area contributed by atoms with Gasteiger partial charge in [-0.1, -0.05) is 148 Å². The number of rotatable bonds is 23. The largest absolute Gasteiger partial charge is 0.337 e. The molecule has 0 aliphatic heterocycles. The smallest absolute Gasteiger partial charge is 0.227 e. The summed E-state index contributed by atoms with van der Waals surface area (Å²) in [4.78, 5) is 99.1. The molecule has 28 nitrogen and oxygen atoms in total. The Bertz CT molecular complexity index is 9330. The number of carbonyl (C=O) groups is 4. The second-order valence-corrected chi connectivity index (χ2v) is 37.2. The number of aromatic amines is 8. The highest BCUT2D eigenvalue weighted by atomic mass is 19.1. The number of halogens is 4. The average molecular weight is 1990 g/mol. The molecule has 0 radical (unpaired) electrons. The molecular formula is C118H92F4N24O4. The van der Waals surface area contributed by atoms with E-state index >= 15 is 0 Å². The molecule has 0 spiro atoms. The van der Waals surface area contributed by atoms with Gasteiger partial charge in [-0.05, 0) is 229 Å². The second-order valence-electron chi connectivity index (χ2n) is 37.2. The molecule has 4 amide bonds. The fourth-order valence-electron chi connectivity index (χ4n) is 18.8. The molecule has 2 fully saturated rings. The zero-order valence-electron chi connectivity index (χ0n) is 80.8. The van der Waals surface area contributed by atoms with Crippen LogP contribution in [-0.2, 0) is 19.2 Å². The van der Waals surface area contributed by atoms with Crippen LogP contribution in [0.25, 0.3) is 223 Å². The Morgan fingerprint density at radius 2 is 0.560 bits per heavy atom. The first-order chi connectivity index (χ1) is 73.4. The molecule has 12 heterocycles. The van der Waals surface area contributed by atoms with Crippen LogP contribution in [0.15, 0.2) is 316 Å². The summed E-state index contributed by atoms with van der Waals surface area (Å²) in [6, 6.07) is 80.9. The lowest BCUT2D eigenvalue weighted by atomic mass is 9.85. The summed E-state index contributed by atoms with van der Waals surface area (Å²) in [6.45, 7) is 4.03. The highest BCUT2D eigenvalue weighted by Gasteiger charge is 2.31. The third-order valence-electron chi connectivity index (χ3n) is 26.8. The number of H-pyrrole nitrogens is 8. The maximum Gasteiger partial charge on any atom is 0.227 e. The summed E-state index contributed by atoms with van der Waals surface area (Å²) in [5.74, 6) is 1.59. The fourth-order valence-corrected chi connectivity index (χ4v) is 18.8. The van der Waals surface area contributed by atoms with E-state index in [0.717, 1.165) is 228 Å². The standard InChI is InChI=1S/C30H23FN6O.C30H25FN6O.C29H21FN6O.C29H23FN6O/c31-21-7-2-6-19(12-21)23-8-3-9-26-27(23)35-29(34-26)28-24-14-18(10-11-25(24)36-37-28)20-13-22(16-32-15-20)33-30(38)17-4-1-5-17;1-2-3-10-27(38)33-22-14-20(16-32-17-22)18-11-12-25-24(15-18)29(37-36-25)30-34-26-9-5-8-23(28(26)35-30)19-6-4-7-21(31)13-19;30-20-4-1-3-18(11-20)22-5-2-6-25-26(22)34-28(33-25)27-23-13-17(9-10-24(23)35-36-27)19-12-21(15-31-14-19)32-29(37)16-7-8-16;1-2-5-26(37)32-21-13-19(15-31-16-21)17-10-11-24-23(14-17)28(36-35-24)29-33-25-9-4-8-22(27(25)34-29)18-6-3-7-20(30)12-18/h2-3,6-17H,1,4-5H2,(H,33,38)(H,34,35)(H,36,37);4-9,11-17H,2-3,10H2,1H3,(H,33,38)(H,34,35)(H,36,37);1-6,9-16H,7-8H2,(H,32,37)(H,33,34)(H,35,36);3-4,6-16H,2,5H2,1H3,(H,32,37)(H,33,34)(H,35,36). The summed E-state index contributed by atoms with van der Waals surface area (Å²) < 4.78 is 55.6. The number of para-hydroxylation sites is 4. The van der Waals surface area contributed by atoms with Gasteiger partial charge in [-0.15, -0.1) is 0 Å². The van der Waals surface area contributed by atoms with Crippen LogP contribution < -0.4 is 21.3 Å². The van der Waals surface area contributed by atoms with Gasteiger partial charge in [0.05, 0.1) is 114 Å². The van der Waals surface area contributed by atoms with Crippen LogP contribution in [0.4, 0.5) is 40.3 Å². The Balaban J connectivity index is 0.000000110. The molecular weight excluding hydrogens is 1890 g/mol. The molecule has 32 heteroatoms. The van der Waals surface area contributed by atoms with Gasteiger partial charge in [0.2, 0.25) is 23.6 Å². The van der Waals surface area contributed by atoms with E-state index in [9.17, 15) is 36.7 Å². The normalized spacial score (nSPS) is 12.4. The van der Waals surface area contributed by atoms with Crippen molar-refractivity contribution in [3.05, 3.63) is 340 Å². The number of hydrogen-bond acceptors (Lipinski definition) is 16. The highest BCUT2D eigenvalue weighted by Crippen LogP contribution is 2.43. The number of imidazole rings is 4. The van der Waals surface area contributed by atoms with Gasteiger partial charge in [0.25, 0.3) is 0 Å². The summed E-state index contributed by atoms with van der Waals surface area (Å²) >= 11 is 0. The van der Waals surface area contributed by atoms with Crippen LogP contribution in [-0.4, -0.2) is 124 Å². The minimum absolute atomic E-state index is 0.0131. The molecule has 12 aromatic carbocycles. The van der Waals surface area contributed by atoms with Crippen molar-refractivity contribution in [2.45, 2.75) is 78.1 Å². The molecule has 2 saturated carbocycles. The molecule has 736 valence electrons. The van der Waals surface area contributed by atoms with E-state index in [4.69, 9.17) is 19.9 Å². The molecule has 12 N–H and O–H groups in total. The maximum atomic E-state index is 13.9. The number of benzene rings is 12. The quantitative estimate of drug-likeness (QED) is 0.0265. The molecule has 24 aromatic rings. The molecule has 0 atom stereocenters. The lowest BCUT2D eigenvalue weighted by Gasteiger charge is -2.24. The Kier molecular flexibility index (Phi) is 25.8. The monoisotopic (exact) mass is 1980 g/mol. The van der Waals surface area contributed by atoms with Crippen molar-refractivity contribution >= 4 is 134 Å². The number of nitrogens with zero attached hydrogens (tertiary/aromatic N) is 12. The van der Waals surface area contributed by atoms with Crippen molar-refractivity contribution in [2.24, 2.45) is 11.8 Å². The van der Waals surface area contributed by atoms with E-state index in [1.807, 2.05) is 201 Å². The molecule has 0 bridgehead atoms. The molecule has 12 aromatic heterocycles. The Labute approximate surface area is 852 Å². The third kappa shape index (κ3) is 19.9. The van der Waals surface area contributed by atoms with Gasteiger partial charge in [0.15, 0.2) is 23.3 Å². The van der Waals surface area contributed by atoms with Gasteiger partial charge < -0.3 is 41.2 Å². The van der Waals surface area contributed by atoms with Crippen molar-refractivity contribution in [1.82, 2.24) is 101 Å². The molecule has 0 unspecified atom stereocenters. The van der Waals surface area contributed by atoms with Crippen LogP contribution in [0.5, 0.6) is 0 Å². The van der Waals surface area contributed by atoms with Gasteiger partial charge >= 0.3 is 0 Å². The number of nitrogens with one attached hydrogen (secondary N) is 12. The number of fused-ring (bicyclic) bond motifs is 8. The van der Waals surface area contributed by atoms with Crippen LogP contribution in [0, 0.1) is 35.1 Å². The van der Waals surface area contributed by atoms with Crippen molar-refractivity contribution in [3.63, 3.8) is 0 Å². The lowest BCUT2D eigenvalue weighted by Crippen LogP contribution is -2.28. The van der Waals surface area contributed by atoms with Crippen molar-refractivity contribution in [2.75, 3.05) is 21.3 Å². The van der Waals surface area contributed by atoms with E-state index in [0.29, 0.717) is 81.7 Å². The third-order valence-corrected chi connectivity index (χ3v) is 26.8. The molecule has 0 saturated heterocycles. The number of aromatic nitrogens is 20. The lowest BCUT2D eigenvalue weighted by molar-refractivity contribution is -0.122. The average Bonchev–Trinajstić information content (AvgIpc) is 1.62. The first-order valence-corrected chi connectivity index (χ1v) is 49.4. The number of unbranched alkanes of at least 4 members (excludes halogenated alkanes) is 1. The first-order valence-electron chi connectivity index (χ1n) is 49.4. The Morgan fingerprint density at radius 3 is 0.827 bits per heavy atom. The fraction of sp³-hybridized carbons (Fsp3) is 0.119. The number of carbonyl (C=O) groups excluding carboxylic acids is 4. The van der Waals surface area contributed by atoms with Gasteiger partial charge in [-0.2, -0.15) is 20.4 Å². The second kappa shape index (κ2) is 41.0. The van der Waals surface area contributed by atoms with Crippen molar-refractivity contribution in [1.29, 1.82) is 0 Å². The maximum absolute atomic E-state index is 13.9. The van der Waals surface area contributed by atoms with Gasteiger partial charge in [-0.3, -0.25) is 59.5 Å². The number of pyridine rings is 4. The molecule has 26 rings (SSSR count). The zero-order chi connectivity index (χ0) is 102. The first kappa shape index (κ1) is 94.2. The van der Waals surface area contributed by atoms with Gasteiger partial charge in [0, 0.05) is 116 Å². The van der Waals surface area contributed by atoms with Crippen LogP contribution in [0.2, 0.25) is 0 Å². The predicted octanol–water partition coefficient (Wildman–Crippen LogP) is 26.9. The topological polar surface area (TPSA) is 397 Å². The minimum Gasteiger partial charge on any atom is -0.337 e. The zero-order valence-corrected chi connectivity index (χ0v) is 80.8. The molecule has 2 aliphatic rings. The Hall–Kier alpha value is -19.4. The van der Waals surface area contributed by atoms with Crippen LogP contribution >= 0.6 is 0 Å². The minimum atomic E-state index is -0.292. The van der Waals surface area contributed by atoms with Gasteiger partial charge in [0.1, 0.15) is 46.0 Å². The van der Waals surface area contributed by atoms with E-state index in [-0.39, 0.29) is 58.7 Å². The van der Waals surface area contributed by atoms with Crippen molar-refractivity contribution in [3.8, 4) is 135 Å². The molecule has 2 aliphatic carbocycles. The molecule has 150 heavy (non-hydrogen) atoms. The summed E-state index contributed by atoms with van der Waals surface area (Å²) in [7, 11) is 0. The van der Waals surface area contributed by atoms with Gasteiger partial charge in [-0.25, -0.2) is 37.5 Å². The summed E-state index contributed by atoms with van der Waals surface area (Å²) in [5.41, 5.74) is 29.0. The number of hydrogen-bond donors (Lipinski definition) is 12. The summed E-state index contributed by atoms with van der Waals surface area (Å²) in [6.07, 6.45) is 22.2. The van der Waals surface area contributed by atoms with E-state index in [2.05, 4.69) is 109 Å². The number of amides is 4. The van der Waals surface area contributed by atoms with E-state index < -0.39 is 0 Å². The van der Waals surface area contributed by atoms with E-state index in [1.54, 1.807) is 73.8 Å². The Morgan fingerprint density at radius 1 is 0.280 bits per heavy atom. The van der Waals surface area contributed by atoms with Crippen LogP contribution in [0.3, 0.4) is 0 Å². The van der Waals surface area contributed by atoms with Crippen LogP contribution in [0.1, 0.15) is 78.1 Å². The predicted molar refractivity (Wildman–Crippen MR) is 578 cm³/mol. The summed E-state index contributed by atoms with van der Waals surface area (Å²) in [5, 5.41) is 45.9. The van der Waals surface area contributed by atoms with Crippen molar-refractivity contribution < 1.29 is 36.7 Å². The van der Waals surface area contributed by atoms with E-state index in [1.165, 1.54) is 48.5 Å². The SMILES string of the molecule is CCCC(=O)Nc1cncc(-c2ccc3[nH]nc(-c4nc5c(-c6cccc(F)c6)cccc5[nH]4)c3c2)c1.CCCCC(=O)Nc1cncc(-c2ccc3[nH]nc(-c4nc5c(-c6cccc(F)c6)cccc5[nH]4)c3c2)c1.O=C(Nc1cncc(-c2ccc3[nH]nc(-c4nc5c(-c6cccc(F)c6)cccc5[nH]4)c3c2)c1)C1CC1.O=C(Nc1cncc(-c2ccc3[nH]nc(-c4nc5c(-c6cccc(F)c6)cccc5[nH]4)c3c2)c1)C1CCC1. The highest BCUT2D eigenvalue weighted by molar-refractivity contribution is 6.06.